The first-order valence-corrected chi connectivity index (χ1v) is 7.83. The Morgan fingerprint density at radius 1 is 1.07 bits per heavy atom. The van der Waals surface area contributed by atoms with E-state index in [-0.39, 0.29) is 17.1 Å². The van der Waals surface area contributed by atoms with E-state index in [1.54, 1.807) is 0 Å². The topological polar surface area (TPSA) is 71.7 Å². The Morgan fingerprint density at radius 2 is 1.81 bits per heavy atom. The van der Waals surface area contributed by atoms with Crippen LogP contribution in [0.1, 0.15) is 16.1 Å². The van der Waals surface area contributed by atoms with Gasteiger partial charge in [0.15, 0.2) is 17.3 Å². The van der Waals surface area contributed by atoms with Gasteiger partial charge in [-0.3, -0.25) is 4.79 Å². The van der Waals surface area contributed by atoms with E-state index >= 15 is 0 Å². The van der Waals surface area contributed by atoms with Crippen molar-refractivity contribution in [2.75, 3.05) is 0 Å². The van der Waals surface area contributed by atoms with Gasteiger partial charge in [0.05, 0.1) is 0 Å². The van der Waals surface area contributed by atoms with Gasteiger partial charge in [0.1, 0.15) is 5.76 Å². The number of ether oxygens (including phenoxy) is 1. The van der Waals surface area contributed by atoms with Crippen LogP contribution in [0, 0.1) is 0 Å². The Hall–Kier alpha value is -3.42. The minimum atomic E-state index is -4.94. The molecule has 140 valence electrons. The first kappa shape index (κ1) is 18.4. The molecule has 0 atom stereocenters. The van der Waals surface area contributed by atoms with Crippen LogP contribution in [-0.2, 0) is 6.54 Å². The molecule has 3 aromatic rings. The van der Waals surface area contributed by atoms with Gasteiger partial charge in [0.2, 0.25) is 0 Å². The molecule has 0 radical (unpaired) electrons. The maximum Gasteiger partial charge on any atom is 0.573 e. The third kappa shape index (κ3) is 4.81. The third-order valence-electron chi connectivity index (χ3n) is 3.60. The monoisotopic (exact) mass is 377 g/mol. The quantitative estimate of drug-likeness (QED) is 0.688. The molecule has 2 aromatic carbocycles. The zero-order valence-electron chi connectivity index (χ0n) is 13.8. The van der Waals surface area contributed by atoms with Gasteiger partial charge >= 0.3 is 6.36 Å². The summed E-state index contributed by atoms with van der Waals surface area (Å²) in [5.74, 6) is -1.72. The first-order chi connectivity index (χ1) is 12.8. The van der Waals surface area contributed by atoms with E-state index in [0.29, 0.717) is 6.54 Å². The number of alkyl halides is 3. The number of carbonyl (C=O) groups excluding carboxylic acids is 1. The van der Waals surface area contributed by atoms with Crippen LogP contribution in [0.2, 0.25) is 0 Å². The molecule has 5 nitrogen and oxygen atoms in total. The molecule has 0 aliphatic carbocycles. The predicted octanol–water partition coefficient (Wildman–Crippen LogP) is 4.48. The number of phenolic OH excluding ortho intramolecular Hbond substituents is 1. The van der Waals surface area contributed by atoms with Crippen LogP contribution >= 0.6 is 0 Å². The molecule has 0 saturated carbocycles. The molecule has 0 unspecified atom stereocenters. The smallest absolute Gasteiger partial charge is 0.504 e. The maximum absolute atomic E-state index is 12.4. The fraction of sp³-hybridized carbons (Fsp3) is 0.105. The number of aromatic hydroxyl groups is 1. The minimum Gasteiger partial charge on any atom is -0.504 e. The Balaban J connectivity index is 1.73. The van der Waals surface area contributed by atoms with Crippen LogP contribution in [0.3, 0.4) is 0 Å². The van der Waals surface area contributed by atoms with Crippen LogP contribution in [-0.4, -0.2) is 17.4 Å². The zero-order chi connectivity index (χ0) is 19.4. The normalized spacial score (nSPS) is 11.2. The molecule has 0 bridgehead atoms. The SMILES string of the molecule is O=C(NCc1ccccc1)c1ccc(-c2ccc(O)c(OC(F)(F)F)c2)o1. The number of hydrogen-bond donors (Lipinski definition) is 2. The van der Waals surface area contributed by atoms with Crippen molar-refractivity contribution in [2.24, 2.45) is 0 Å². The Kier molecular flexibility index (Phi) is 5.07. The summed E-state index contributed by atoms with van der Waals surface area (Å²) >= 11 is 0. The van der Waals surface area contributed by atoms with Crippen molar-refractivity contribution >= 4 is 5.91 Å². The number of rotatable bonds is 5. The van der Waals surface area contributed by atoms with E-state index in [1.807, 2.05) is 30.3 Å². The van der Waals surface area contributed by atoms with E-state index in [9.17, 15) is 23.1 Å². The Morgan fingerprint density at radius 3 is 2.52 bits per heavy atom. The summed E-state index contributed by atoms with van der Waals surface area (Å²) in [4.78, 5) is 12.2. The number of hydrogen-bond acceptors (Lipinski definition) is 4. The lowest BCUT2D eigenvalue weighted by Gasteiger charge is -2.11. The average Bonchev–Trinajstić information content (AvgIpc) is 3.11. The average molecular weight is 377 g/mol. The maximum atomic E-state index is 12.4. The summed E-state index contributed by atoms with van der Waals surface area (Å²) in [5, 5.41) is 12.2. The number of furan rings is 1. The molecule has 2 N–H and O–H groups in total. The highest BCUT2D eigenvalue weighted by atomic mass is 19.4. The van der Waals surface area contributed by atoms with Gasteiger partial charge in [0.25, 0.3) is 5.91 Å². The van der Waals surface area contributed by atoms with Crippen molar-refractivity contribution in [2.45, 2.75) is 12.9 Å². The molecular weight excluding hydrogens is 363 g/mol. The number of benzene rings is 2. The van der Waals surface area contributed by atoms with E-state index in [2.05, 4.69) is 10.1 Å². The van der Waals surface area contributed by atoms with Crippen molar-refractivity contribution in [3.63, 3.8) is 0 Å². The highest BCUT2D eigenvalue weighted by Gasteiger charge is 2.32. The first-order valence-electron chi connectivity index (χ1n) is 7.83. The second-order valence-corrected chi connectivity index (χ2v) is 5.56. The molecule has 27 heavy (non-hydrogen) atoms. The van der Waals surface area contributed by atoms with Gasteiger partial charge in [-0.05, 0) is 35.9 Å². The molecule has 0 aliphatic rings. The molecule has 8 heteroatoms. The molecule has 0 fully saturated rings. The van der Waals surface area contributed by atoms with E-state index in [0.717, 1.165) is 17.7 Å². The number of carbonyl (C=O) groups is 1. The lowest BCUT2D eigenvalue weighted by atomic mass is 10.1. The van der Waals surface area contributed by atoms with Gasteiger partial charge in [-0.15, -0.1) is 13.2 Å². The Labute approximate surface area is 152 Å². The number of halogens is 3. The predicted molar refractivity (Wildman–Crippen MR) is 90.1 cm³/mol. The second-order valence-electron chi connectivity index (χ2n) is 5.56. The number of amides is 1. The molecule has 0 saturated heterocycles. The van der Waals surface area contributed by atoms with E-state index in [4.69, 9.17) is 4.42 Å². The van der Waals surface area contributed by atoms with Crippen molar-refractivity contribution in [3.05, 3.63) is 72.0 Å². The van der Waals surface area contributed by atoms with Crippen molar-refractivity contribution in [1.29, 1.82) is 0 Å². The summed E-state index contributed by atoms with van der Waals surface area (Å²) in [7, 11) is 0. The number of nitrogens with one attached hydrogen (secondary N) is 1. The van der Waals surface area contributed by atoms with Crippen LogP contribution in [0.4, 0.5) is 13.2 Å². The van der Waals surface area contributed by atoms with E-state index < -0.39 is 23.8 Å². The lowest BCUT2D eigenvalue weighted by Crippen LogP contribution is -2.22. The number of phenols is 1. The van der Waals surface area contributed by atoms with E-state index in [1.165, 1.54) is 18.2 Å². The fourth-order valence-electron chi connectivity index (χ4n) is 2.35. The van der Waals surface area contributed by atoms with Gasteiger partial charge in [0, 0.05) is 12.1 Å². The van der Waals surface area contributed by atoms with Gasteiger partial charge in [-0.2, -0.15) is 0 Å². The zero-order valence-corrected chi connectivity index (χ0v) is 13.8. The largest absolute Gasteiger partial charge is 0.573 e. The van der Waals surface area contributed by atoms with Crippen molar-refractivity contribution in [1.82, 2.24) is 5.32 Å². The van der Waals surface area contributed by atoms with Gasteiger partial charge < -0.3 is 19.6 Å². The van der Waals surface area contributed by atoms with Gasteiger partial charge in [-0.25, -0.2) is 0 Å². The summed E-state index contributed by atoms with van der Waals surface area (Å²) < 4.78 is 46.3. The minimum absolute atomic E-state index is 0.00676. The van der Waals surface area contributed by atoms with Crippen molar-refractivity contribution < 1.29 is 32.2 Å². The van der Waals surface area contributed by atoms with Crippen LogP contribution in [0.5, 0.6) is 11.5 Å². The highest BCUT2D eigenvalue weighted by Crippen LogP contribution is 2.35. The summed E-state index contributed by atoms with van der Waals surface area (Å²) in [5.41, 5.74) is 1.12. The van der Waals surface area contributed by atoms with Crippen LogP contribution in [0.25, 0.3) is 11.3 Å². The van der Waals surface area contributed by atoms with Crippen LogP contribution < -0.4 is 10.1 Å². The fourth-order valence-corrected chi connectivity index (χ4v) is 2.35. The standard InChI is InChI=1S/C19H14F3NO4/c20-19(21,22)27-17-10-13(6-7-14(17)24)15-8-9-16(26-15)18(25)23-11-12-4-2-1-3-5-12/h1-10,24H,11H2,(H,23,25). The molecule has 0 spiro atoms. The van der Waals surface area contributed by atoms with Gasteiger partial charge in [-0.1, -0.05) is 30.3 Å². The summed E-state index contributed by atoms with van der Waals surface area (Å²) in [6, 6.07) is 15.5. The highest BCUT2D eigenvalue weighted by molar-refractivity contribution is 5.92. The lowest BCUT2D eigenvalue weighted by molar-refractivity contribution is -0.275. The molecule has 1 aromatic heterocycles. The van der Waals surface area contributed by atoms with Crippen LogP contribution in [0.15, 0.2) is 65.1 Å². The molecule has 1 amide bonds. The second kappa shape index (κ2) is 7.45. The molecule has 1 heterocycles. The van der Waals surface area contributed by atoms with Crippen molar-refractivity contribution in [3.8, 4) is 22.8 Å². The summed E-state index contributed by atoms with van der Waals surface area (Å²) in [6.07, 6.45) is -4.94. The molecule has 3 rings (SSSR count). The summed E-state index contributed by atoms with van der Waals surface area (Å²) in [6.45, 7) is 0.304. The Bertz CT molecular complexity index is 936. The molecular formula is C19H14F3NO4. The molecule has 0 aliphatic heterocycles. The third-order valence-corrected chi connectivity index (χ3v) is 3.60.